The summed E-state index contributed by atoms with van der Waals surface area (Å²) in [5.41, 5.74) is 2.52. The van der Waals surface area contributed by atoms with E-state index in [2.05, 4.69) is 0 Å². The molecule has 0 aliphatic rings. The number of hydrogen-bond donors (Lipinski definition) is 0. The number of benzene rings is 1. The maximum absolute atomic E-state index is 10.8. The SMILES string of the molecule is Cc1cc2c(CC=O)c3oc(C)cc3cc2o1. The van der Waals surface area contributed by atoms with Crippen LogP contribution in [0.5, 0.6) is 0 Å². The molecule has 86 valence electrons. The summed E-state index contributed by atoms with van der Waals surface area (Å²) in [6, 6.07) is 5.87. The summed E-state index contributed by atoms with van der Waals surface area (Å²) in [6.07, 6.45) is 1.24. The molecule has 0 unspecified atom stereocenters. The lowest BCUT2D eigenvalue weighted by atomic mass is 10.0. The Hall–Kier alpha value is -2.03. The average molecular weight is 228 g/mol. The van der Waals surface area contributed by atoms with Crippen LogP contribution in [0, 0.1) is 13.8 Å². The Morgan fingerprint density at radius 3 is 2.65 bits per heavy atom. The molecular formula is C14H12O3. The third-order valence-corrected chi connectivity index (χ3v) is 2.94. The summed E-state index contributed by atoms with van der Waals surface area (Å²) in [5, 5.41) is 1.96. The third kappa shape index (κ3) is 1.46. The summed E-state index contributed by atoms with van der Waals surface area (Å²) in [7, 11) is 0. The molecular weight excluding hydrogens is 216 g/mol. The maximum Gasteiger partial charge on any atom is 0.138 e. The van der Waals surface area contributed by atoms with Gasteiger partial charge in [-0.15, -0.1) is 0 Å². The topological polar surface area (TPSA) is 43.4 Å². The molecule has 3 aromatic rings. The monoisotopic (exact) mass is 228 g/mol. The van der Waals surface area contributed by atoms with Crippen LogP contribution in [0.4, 0.5) is 0 Å². The Balaban J connectivity index is 2.48. The van der Waals surface area contributed by atoms with E-state index in [0.29, 0.717) is 6.42 Å². The van der Waals surface area contributed by atoms with Gasteiger partial charge >= 0.3 is 0 Å². The van der Waals surface area contributed by atoms with Gasteiger partial charge in [-0.25, -0.2) is 0 Å². The van der Waals surface area contributed by atoms with Gasteiger partial charge in [-0.1, -0.05) is 0 Å². The number of fused-ring (bicyclic) bond motifs is 2. The molecule has 0 aliphatic heterocycles. The number of aldehydes is 1. The molecule has 0 saturated heterocycles. The normalized spacial score (nSPS) is 11.4. The zero-order chi connectivity index (χ0) is 12.0. The molecule has 3 nitrogen and oxygen atoms in total. The van der Waals surface area contributed by atoms with Crippen LogP contribution in [0.25, 0.3) is 21.9 Å². The van der Waals surface area contributed by atoms with Crippen LogP contribution in [-0.2, 0) is 11.2 Å². The molecule has 17 heavy (non-hydrogen) atoms. The van der Waals surface area contributed by atoms with E-state index in [4.69, 9.17) is 8.83 Å². The molecule has 0 aliphatic carbocycles. The molecule has 0 radical (unpaired) electrons. The molecule has 3 rings (SSSR count). The molecule has 0 N–H and O–H groups in total. The maximum atomic E-state index is 10.8. The first-order valence-electron chi connectivity index (χ1n) is 5.55. The highest BCUT2D eigenvalue weighted by atomic mass is 16.3. The molecule has 0 atom stereocenters. The molecule has 0 amide bonds. The van der Waals surface area contributed by atoms with Crippen molar-refractivity contribution < 1.29 is 13.6 Å². The minimum absolute atomic E-state index is 0.347. The lowest BCUT2D eigenvalue weighted by Gasteiger charge is -1.99. The molecule has 0 saturated carbocycles. The highest BCUT2D eigenvalue weighted by molar-refractivity contribution is 5.99. The summed E-state index contributed by atoms with van der Waals surface area (Å²) in [6.45, 7) is 3.80. The molecule has 1 aromatic carbocycles. The highest BCUT2D eigenvalue weighted by Gasteiger charge is 2.14. The van der Waals surface area contributed by atoms with E-state index >= 15 is 0 Å². The summed E-state index contributed by atoms with van der Waals surface area (Å²) >= 11 is 0. The quantitative estimate of drug-likeness (QED) is 0.630. The van der Waals surface area contributed by atoms with E-state index in [1.54, 1.807) is 0 Å². The van der Waals surface area contributed by atoms with E-state index in [1.807, 2.05) is 32.0 Å². The van der Waals surface area contributed by atoms with E-state index < -0.39 is 0 Å². The van der Waals surface area contributed by atoms with Crippen molar-refractivity contribution in [2.75, 3.05) is 0 Å². The predicted molar refractivity (Wildman–Crippen MR) is 65.2 cm³/mol. The standard InChI is InChI=1S/C14H12O3/c1-8-5-10-7-13-12(6-9(2)16-13)11(3-4-15)14(10)17-8/h4-7H,3H2,1-2H3. The van der Waals surface area contributed by atoms with Gasteiger partial charge in [0, 0.05) is 22.8 Å². The van der Waals surface area contributed by atoms with Crippen LogP contribution in [0.15, 0.2) is 27.0 Å². The first kappa shape index (κ1) is 10.1. The fourth-order valence-corrected chi connectivity index (χ4v) is 2.30. The van der Waals surface area contributed by atoms with Crippen LogP contribution in [0.3, 0.4) is 0 Å². The molecule has 0 bridgehead atoms. The van der Waals surface area contributed by atoms with E-state index in [-0.39, 0.29) is 0 Å². The predicted octanol–water partition coefficient (Wildman–Crippen LogP) is 3.54. The fourth-order valence-electron chi connectivity index (χ4n) is 2.30. The second-order valence-electron chi connectivity index (χ2n) is 4.27. The van der Waals surface area contributed by atoms with Crippen molar-refractivity contribution in [3.8, 4) is 0 Å². The van der Waals surface area contributed by atoms with Gasteiger partial charge in [-0.3, -0.25) is 0 Å². The smallest absolute Gasteiger partial charge is 0.138 e. The molecule has 2 heterocycles. The van der Waals surface area contributed by atoms with Gasteiger partial charge in [0.15, 0.2) is 0 Å². The Kier molecular flexibility index (Phi) is 2.08. The van der Waals surface area contributed by atoms with Crippen molar-refractivity contribution in [1.29, 1.82) is 0 Å². The number of hydrogen-bond acceptors (Lipinski definition) is 3. The van der Waals surface area contributed by atoms with Gasteiger partial charge < -0.3 is 13.6 Å². The van der Waals surface area contributed by atoms with Crippen LogP contribution in [0.2, 0.25) is 0 Å². The lowest BCUT2D eigenvalue weighted by Crippen LogP contribution is -1.87. The minimum Gasteiger partial charge on any atom is -0.461 e. The van der Waals surface area contributed by atoms with Gasteiger partial charge in [-0.2, -0.15) is 0 Å². The molecule has 0 fully saturated rings. The van der Waals surface area contributed by atoms with Crippen LogP contribution in [-0.4, -0.2) is 6.29 Å². The lowest BCUT2D eigenvalue weighted by molar-refractivity contribution is -0.107. The Bertz CT molecular complexity index is 661. The second-order valence-corrected chi connectivity index (χ2v) is 4.27. The Labute approximate surface area is 98.0 Å². The number of carbonyl (C=O) groups is 1. The van der Waals surface area contributed by atoms with E-state index in [0.717, 1.165) is 45.3 Å². The molecule has 0 spiro atoms. The average Bonchev–Trinajstić information content (AvgIpc) is 2.79. The van der Waals surface area contributed by atoms with Gasteiger partial charge in [0.05, 0.1) is 0 Å². The van der Waals surface area contributed by atoms with Gasteiger partial charge in [0.1, 0.15) is 29.0 Å². The Morgan fingerprint density at radius 1 is 1.12 bits per heavy atom. The van der Waals surface area contributed by atoms with Crippen LogP contribution < -0.4 is 0 Å². The van der Waals surface area contributed by atoms with Gasteiger partial charge in [0.25, 0.3) is 0 Å². The molecule has 2 aromatic heterocycles. The zero-order valence-corrected chi connectivity index (χ0v) is 9.74. The van der Waals surface area contributed by atoms with Crippen LogP contribution in [0.1, 0.15) is 17.1 Å². The van der Waals surface area contributed by atoms with Gasteiger partial charge in [0.2, 0.25) is 0 Å². The third-order valence-electron chi connectivity index (χ3n) is 2.94. The second kappa shape index (κ2) is 3.48. The summed E-state index contributed by atoms with van der Waals surface area (Å²) in [4.78, 5) is 10.8. The summed E-state index contributed by atoms with van der Waals surface area (Å²) < 4.78 is 11.3. The number of rotatable bonds is 2. The van der Waals surface area contributed by atoms with Crippen molar-refractivity contribution in [3.63, 3.8) is 0 Å². The number of aryl methyl sites for hydroxylation is 2. The number of furan rings is 2. The largest absolute Gasteiger partial charge is 0.461 e. The van der Waals surface area contributed by atoms with Crippen molar-refractivity contribution in [1.82, 2.24) is 0 Å². The van der Waals surface area contributed by atoms with Crippen molar-refractivity contribution in [2.24, 2.45) is 0 Å². The van der Waals surface area contributed by atoms with Crippen LogP contribution >= 0.6 is 0 Å². The first-order chi connectivity index (χ1) is 8.19. The van der Waals surface area contributed by atoms with E-state index in [9.17, 15) is 4.79 Å². The summed E-state index contributed by atoms with van der Waals surface area (Å²) in [5.74, 6) is 1.69. The highest BCUT2D eigenvalue weighted by Crippen LogP contribution is 2.32. The van der Waals surface area contributed by atoms with Crippen molar-refractivity contribution >= 4 is 28.2 Å². The number of carbonyl (C=O) groups excluding carboxylic acids is 1. The Morgan fingerprint density at radius 2 is 1.88 bits per heavy atom. The zero-order valence-electron chi connectivity index (χ0n) is 9.74. The van der Waals surface area contributed by atoms with E-state index in [1.165, 1.54) is 0 Å². The van der Waals surface area contributed by atoms with Crippen molar-refractivity contribution in [2.45, 2.75) is 20.3 Å². The minimum atomic E-state index is 0.347. The fraction of sp³-hybridized carbons (Fsp3) is 0.214. The molecule has 3 heteroatoms. The van der Waals surface area contributed by atoms with Crippen molar-refractivity contribution in [3.05, 3.63) is 35.3 Å². The first-order valence-corrected chi connectivity index (χ1v) is 5.55. The van der Waals surface area contributed by atoms with Gasteiger partial charge in [-0.05, 0) is 32.0 Å².